The first-order valence-corrected chi connectivity index (χ1v) is 12.7. The summed E-state index contributed by atoms with van der Waals surface area (Å²) in [5.41, 5.74) is 1.39. The number of sulfonamides is 1. The Morgan fingerprint density at radius 2 is 1.93 bits per heavy atom. The minimum atomic E-state index is -3.59. The van der Waals surface area contributed by atoms with Crippen LogP contribution in [0.3, 0.4) is 0 Å². The summed E-state index contributed by atoms with van der Waals surface area (Å²) in [5, 5.41) is 3.44. The Hall–Kier alpha value is -1.74. The summed E-state index contributed by atoms with van der Waals surface area (Å²) in [7, 11) is -2.11. The fraction of sp³-hybridized carbons (Fsp3) is 0.381. The molecule has 6 nitrogen and oxygen atoms in total. The van der Waals surface area contributed by atoms with Gasteiger partial charge in [-0.1, -0.05) is 30.2 Å². The van der Waals surface area contributed by atoms with Gasteiger partial charge in [-0.05, 0) is 48.7 Å². The summed E-state index contributed by atoms with van der Waals surface area (Å²) in [6, 6.07) is 12.1. The smallest absolute Gasteiger partial charge is 0.243 e. The van der Waals surface area contributed by atoms with Crippen LogP contribution in [-0.4, -0.2) is 44.6 Å². The summed E-state index contributed by atoms with van der Waals surface area (Å²) in [4.78, 5) is 12.6. The maximum Gasteiger partial charge on any atom is 0.243 e. The van der Waals surface area contributed by atoms with Gasteiger partial charge in [-0.2, -0.15) is 4.31 Å². The Balaban J connectivity index is 1.66. The summed E-state index contributed by atoms with van der Waals surface area (Å²) in [5.74, 6) is 1.06. The molecule has 0 unspecified atom stereocenters. The first-order chi connectivity index (χ1) is 14.4. The third kappa shape index (κ3) is 5.91. The van der Waals surface area contributed by atoms with Crippen LogP contribution in [0.25, 0.3) is 0 Å². The number of rotatable bonds is 8. The molecule has 0 radical (unpaired) electrons. The van der Waals surface area contributed by atoms with Gasteiger partial charge in [0.25, 0.3) is 0 Å². The number of nitrogens with zero attached hydrogens (tertiary/aromatic N) is 1. The third-order valence-corrected chi connectivity index (χ3v) is 7.92. The van der Waals surface area contributed by atoms with Crippen LogP contribution < -0.4 is 10.1 Å². The zero-order chi connectivity index (χ0) is 21.6. The normalized spacial score (nSPS) is 15.0. The number of piperidine rings is 1. The second-order valence-corrected chi connectivity index (χ2v) is 10.4. The average molecular weight is 469 g/mol. The number of hydrogen-bond donors (Lipinski definition) is 1. The minimum Gasteiger partial charge on any atom is -0.495 e. The van der Waals surface area contributed by atoms with Crippen molar-refractivity contribution in [3.63, 3.8) is 0 Å². The van der Waals surface area contributed by atoms with Crippen molar-refractivity contribution in [3.8, 4) is 5.75 Å². The third-order valence-electron chi connectivity index (χ3n) is 4.79. The fourth-order valence-electron chi connectivity index (χ4n) is 3.27. The van der Waals surface area contributed by atoms with Crippen molar-refractivity contribution in [2.75, 3.05) is 31.3 Å². The number of carbonyl (C=O) groups is 1. The zero-order valence-corrected chi connectivity index (χ0v) is 19.2. The monoisotopic (exact) mass is 468 g/mol. The Labute approximate surface area is 187 Å². The highest BCUT2D eigenvalue weighted by Gasteiger charge is 2.27. The van der Waals surface area contributed by atoms with Crippen molar-refractivity contribution in [2.24, 2.45) is 0 Å². The molecule has 1 heterocycles. The van der Waals surface area contributed by atoms with Crippen LogP contribution in [0.4, 0.5) is 5.69 Å². The Morgan fingerprint density at radius 1 is 1.17 bits per heavy atom. The van der Waals surface area contributed by atoms with Crippen molar-refractivity contribution in [1.29, 1.82) is 0 Å². The van der Waals surface area contributed by atoms with E-state index in [1.54, 1.807) is 12.1 Å². The molecule has 0 aliphatic carbocycles. The number of halogens is 1. The predicted molar refractivity (Wildman–Crippen MR) is 122 cm³/mol. The van der Waals surface area contributed by atoms with Gasteiger partial charge in [-0.25, -0.2) is 8.42 Å². The lowest BCUT2D eigenvalue weighted by Crippen LogP contribution is -2.35. The lowest BCUT2D eigenvalue weighted by atomic mass is 10.2. The van der Waals surface area contributed by atoms with Crippen molar-refractivity contribution in [1.82, 2.24) is 4.31 Å². The van der Waals surface area contributed by atoms with Gasteiger partial charge in [0.2, 0.25) is 15.9 Å². The SMILES string of the molecule is COc1ccc(S(=O)(=O)N2CCCCC2)cc1NC(=O)CSCc1cccc(Cl)c1. The molecule has 1 amide bonds. The van der Waals surface area contributed by atoms with Crippen LogP contribution in [0.5, 0.6) is 5.75 Å². The second-order valence-electron chi connectivity index (χ2n) is 7.00. The molecule has 0 bridgehead atoms. The van der Waals surface area contributed by atoms with Crippen molar-refractivity contribution < 1.29 is 17.9 Å². The fourth-order valence-corrected chi connectivity index (χ4v) is 5.81. The predicted octanol–water partition coefficient (Wildman–Crippen LogP) is 4.40. The Kier molecular flexibility index (Phi) is 8.05. The Bertz CT molecular complexity index is 992. The molecule has 162 valence electrons. The zero-order valence-electron chi connectivity index (χ0n) is 16.8. The number of thioether (sulfide) groups is 1. The molecular formula is C21H25ClN2O4S2. The number of amides is 1. The number of benzene rings is 2. The van der Waals surface area contributed by atoms with Gasteiger partial charge in [0.15, 0.2) is 0 Å². The van der Waals surface area contributed by atoms with Crippen molar-refractivity contribution >= 4 is 45.0 Å². The summed E-state index contributed by atoms with van der Waals surface area (Å²) in [6.07, 6.45) is 2.77. The number of hydrogen-bond acceptors (Lipinski definition) is 5. The lowest BCUT2D eigenvalue weighted by molar-refractivity contribution is -0.113. The number of anilines is 1. The number of methoxy groups -OCH3 is 1. The van der Waals surface area contributed by atoms with E-state index in [9.17, 15) is 13.2 Å². The summed E-state index contributed by atoms with van der Waals surface area (Å²) < 4.78 is 32.7. The van der Waals surface area contributed by atoms with Gasteiger partial charge in [-0.3, -0.25) is 4.79 Å². The van der Waals surface area contributed by atoms with Gasteiger partial charge >= 0.3 is 0 Å². The Morgan fingerprint density at radius 3 is 2.63 bits per heavy atom. The van der Waals surface area contributed by atoms with Gasteiger partial charge in [-0.15, -0.1) is 11.8 Å². The number of nitrogens with one attached hydrogen (secondary N) is 1. The molecule has 1 N–H and O–H groups in total. The molecule has 1 aliphatic rings. The maximum absolute atomic E-state index is 12.9. The van der Waals surface area contributed by atoms with Crippen LogP contribution in [0.15, 0.2) is 47.4 Å². The van der Waals surface area contributed by atoms with E-state index in [1.807, 2.05) is 18.2 Å². The summed E-state index contributed by atoms with van der Waals surface area (Å²) >= 11 is 7.43. The highest BCUT2D eigenvalue weighted by atomic mass is 35.5. The van der Waals surface area contributed by atoms with Crippen LogP contribution in [0.1, 0.15) is 24.8 Å². The van der Waals surface area contributed by atoms with E-state index < -0.39 is 10.0 Å². The van der Waals surface area contributed by atoms with E-state index in [0.717, 1.165) is 24.8 Å². The number of ether oxygens (including phenoxy) is 1. The largest absolute Gasteiger partial charge is 0.495 e. The quantitative estimate of drug-likeness (QED) is 0.621. The van der Waals surface area contributed by atoms with E-state index in [2.05, 4.69) is 5.32 Å². The average Bonchev–Trinajstić information content (AvgIpc) is 2.74. The molecule has 3 rings (SSSR count). The molecular weight excluding hydrogens is 444 g/mol. The van der Waals surface area contributed by atoms with E-state index in [-0.39, 0.29) is 16.6 Å². The van der Waals surface area contributed by atoms with Crippen molar-refractivity contribution in [2.45, 2.75) is 29.9 Å². The van der Waals surface area contributed by atoms with Crippen LogP contribution in [-0.2, 0) is 20.6 Å². The molecule has 1 saturated heterocycles. The molecule has 0 spiro atoms. The highest BCUT2D eigenvalue weighted by Crippen LogP contribution is 2.30. The maximum atomic E-state index is 12.9. The molecule has 0 atom stereocenters. The molecule has 0 aromatic heterocycles. The molecule has 30 heavy (non-hydrogen) atoms. The van der Waals surface area contributed by atoms with E-state index in [4.69, 9.17) is 16.3 Å². The molecule has 2 aromatic carbocycles. The van der Waals surface area contributed by atoms with E-state index in [1.165, 1.54) is 35.3 Å². The van der Waals surface area contributed by atoms with Gasteiger partial charge in [0, 0.05) is 23.9 Å². The van der Waals surface area contributed by atoms with Gasteiger partial charge < -0.3 is 10.1 Å². The topological polar surface area (TPSA) is 75.7 Å². The van der Waals surface area contributed by atoms with Crippen molar-refractivity contribution in [3.05, 3.63) is 53.1 Å². The van der Waals surface area contributed by atoms with Gasteiger partial charge in [0.05, 0.1) is 23.4 Å². The van der Waals surface area contributed by atoms with Gasteiger partial charge in [0.1, 0.15) is 5.75 Å². The van der Waals surface area contributed by atoms with Crippen LogP contribution in [0, 0.1) is 0 Å². The minimum absolute atomic E-state index is 0.159. The molecule has 0 saturated carbocycles. The first-order valence-electron chi connectivity index (χ1n) is 9.70. The molecule has 1 aliphatic heterocycles. The molecule has 2 aromatic rings. The van der Waals surface area contributed by atoms with Crippen LogP contribution in [0.2, 0.25) is 5.02 Å². The molecule has 9 heteroatoms. The molecule has 1 fully saturated rings. The number of carbonyl (C=O) groups excluding carboxylic acids is 1. The van der Waals surface area contributed by atoms with Crippen LogP contribution >= 0.6 is 23.4 Å². The highest BCUT2D eigenvalue weighted by molar-refractivity contribution is 7.99. The van der Waals surface area contributed by atoms with E-state index in [0.29, 0.717) is 35.3 Å². The van der Waals surface area contributed by atoms with E-state index >= 15 is 0 Å². The first kappa shape index (κ1) is 22.9. The lowest BCUT2D eigenvalue weighted by Gasteiger charge is -2.26. The standard InChI is InChI=1S/C21H25ClN2O4S2/c1-28-20-9-8-18(30(26,27)24-10-3-2-4-11-24)13-19(20)23-21(25)15-29-14-16-6-5-7-17(22)12-16/h5-9,12-13H,2-4,10-11,14-15H2,1H3,(H,23,25). The summed E-state index contributed by atoms with van der Waals surface area (Å²) in [6.45, 7) is 1.05. The second kappa shape index (κ2) is 10.5.